The lowest BCUT2D eigenvalue weighted by molar-refractivity contribution is -0.125. The third-order valence-corrected chi connectivity index (χ3v) is 3.59. The maximum atomic E-state index is 11.7. The van der Waals surface area contributed by atoms with Crippen molar-refractivity contribution in [2.24, 2.45) is 5.73 Å². The number of amides is 2. The molecule has 0 aromatic carbocycles. The van der Waals surface area contributed by atoms with E-state index in [0.29, 0.717) is 6.54 Å². The van der Waals surface area contributed by atoms with Gasteiger partial charge in [0.05, 0.1) is 12.6 Å². The van der Waals surface area contributed by atoms with Gasteiger partial charge in [0.15, 0.2) is 0 Å². The largest absolute Gasteiger partial charge is 0.368 e. The van der Waals surface area contributed by atoms with E-state index in [1.165, 1.54) is 0 Å². The summed E-state index contributed by atoms with van der Waals surface area (Å²) in [6, 6.07) is -0.222. The van der Waals surface area contributed by atoms with E-state index < -0.39 is 0 Å². The zero-order valence-electron chi connectivity index (χ0n) is 12.0. The van der Waals surface area contributed by atoms with Gasteiger partial charge in [-0.25, -0.2) is 0 Å². The van der Waals surface area contributed by atoms with E-state index in [1.807, 2.05) is 6.92 Å². The molecule has 1 heterocycles. The van der Waals surface area contributed by atoms with Gasteiger partial charge in [0.25, 0.3) is 0 Å². The molecule has 3 N–H and O–H groups in total. The Morgan fingerprint density at radius 3 is 2.42 bits per heavy atom. The van der Waals surface area contributed by atoms with E-state index >= 15 is 0 Å². The van der Waals surface area contributed by atoms with E-state index in [2.05, 4.69) is 22.0 Å². The van der Waals surface area contributed by atoms with Crippen LogP contribution >= 0.6 is 0 Å². The molecule has 6 nitrogen and oxygen atoms in total. The molecular weight excluding hydrogens is 244 g/mol. The second-order valence-corrected chi connectivity index (χ2v) is 5.09. The topological polar surface area (TPSA) is 78.7 Å². The SMILES string of the molecule is CCCCNC(=O)CN1CCN(C(C)C(N)=O)CC1. The van der Waals surface area contributed by atoms with Crippen LogP contribution in [-0.4, -0.2) is 66.9 Å². The molecule has 110 valence electrons. The Kier molecular flexibility index (Phi) is 6.80. The highest BCUT2D eigenvalue weighted by Crippen LogP contribution is 2.05. The highest BCUT2D eigenvalue weighted by molar-refractivity contribution is 5.79. The summed E-state index contributed by atoms with van der Waals surface area (Å²) in [5.41, 5.74) is 5.29. The van der Waals surface area contributed by atoms with Gasteiger partial charge in [0.2, 0.25) is 11.8 Å². The zero-order chi connectivity index (χ0) is 14.3. The third-order valence-electron chi connectivity index (χ3n) is 3.59. The Balaban J connectivity index is 2.22. The van der Waals surface area contributed by atoms with Crippen molar-refractivity contribution in [2.45, 2.75) is 32.7 Å². The number of nitrogens with one attached hydrogen (secondary N) is 1. The van der Waals surface area contributed by atoms with Crippen LogP contribution in [-0.2, 0) is 9.59 Å². The highest BCUT2D eigenvalue weighted by Gasteiger charge is 2.24. The van der Waals surface area contributed by atoms with Gasteiger partial charge in [0.1, 0.15) is 0 Å². The lowest BCUT2D eigenvalue weighted by Gasteiger charge is -2.36. The Bertz CT molecular complexity index is 301. The molecule has 19 heavy (non-hydrogen) atoms. The third kappa shape index (κ3) is 5.57. The maximum absolute atomic E-state index is 11.7. The van der Waals surface area contributed by atoms with Gasteiger partial charge in [0, 0.05) is 32.7 Å². The first kappa shape index (κ1) is 15.9. The Morgan fingerprint density at radius 1 is 1.26 bits per heavy atom. The highest BCUT2D eigenvalue weighted by atomic mass is 16.2. The molecule has 1 saturated heterocycles. The number of carbonyl (C=O) groups excluding carboxylic acids is 2. The van der Waals surface area contributed by atoms with Crippen molar-refractivity contribution in [3.63, 3.8) is 0 Å². The summed E-state index contributed by atoms with van der Waals surface area (Å²) in [4.78, 5) is 27.0. The molecule has 0 aliphatic carbocycles. The molecule has 0 radical (unpaired) electrons. The number of carbonyl (C=O) groups is 2. The van der Waals surface area contributed by atoms with Crippen molar-refractivity contribution in [2.75, 3.05) is 39.3 Å². The van der Waals surface area contributed by atoms with Crippen LogP contribution in [0.3, 0.4) is 0 Å². The number of piperazine rings is 1. The molecule has 0 saturated carbocycles. The van der Waals surface area contributed by atoms with Gasteiger partial charge in [-0.2, -0.15) is 0 Å². The number of hydrogen-bond acceptors (Lipinski definition) is 4. The fourth-order valence-corrected chi connectivity index (χ4v) is 2.15. The van der Waals surface area contributed by atoms with Gasteiger partial charge in [-0.15, -0.1) is 0 Å². The standard InChI is InChI=1S/C13H26N4O2/c1-3-4-5-15-12(18)10-16-6-8-17(9-7-16)11(2)13(14)19/h11H,3-10H2,1-2H3,(H2,14,19)(H,15,18). The number of hydrogen-bond donors (Lipinski definition) is 2. The molecule has 1 unspecified atom stereocenters. The lowest BCUT2D eigenvalue weighted by atomic mass is 10.2. The quantitative estimate of drug-likeness (QED) is 0.605. The molecular formula is C13H26N4O2. The summed E-state index contributed by atoms with van der Waals surface area (Å²) in [7, 11) is 0. The second kappa shape index (κ2) is 8.12. The first-order chi connectivity index (χ1) is 9.04. The number of rotatable bonds is 7. The van der Waals surface area contributed by atoms with Crippen LogP contribution in [0.1, 0.15) is 26.7 Å². The maximum Gasteiger partial charge on any atom is 0.234 e. The van der Waals surface area contributed by atoms with Gasteiger partial charge in [-0.1, -0.05) is 13.3 Å². The van der Waals surface area contributed by atoms with E-state index in [1.54, 1.807) is 0 Å². The van der Waals surface area contributed by atoms with Crippen molar-refractivity contribution in [1.29, 1.82) is 0 Å². The normalized spacial score (nSPS) is 19.1. The predicted molar refractivity (Wildman–Crippen MR) is 74.6 cm³/mol. The van der Waals surface area contributed by atoms with Crippen LogP contribution in [0.15, 0.2) is 0 Å². The summed E-state index contributed by atoms with van der Waals surface area (Å²) < 4.78 is 0. The van der Waals surface area contributed by atoms with Crippen LogP contribution in [0.5, 0.6) is 0 Å². The lowest BCUT2D eigenvalue weighted by Crippen LogP contribution is -2.54. The number of nitrogens with zero attached hydrogens (tertiary/aromatic N) is 2. The summed E-state index contributed by atoms with van der Waals surface area (Å²) in [5.74, 6) is -0.199. The van der Waals surface area contributed by atoms with E-state index in [0.717, 1.165) is 45.6 Å². The fourth-order valence-electron chi connectivity index (χ4n) is 2.15. The van der Waals surface area contributed by atoms with E-state index in [9.17, 15) is 9.59 Å². The summed E-state index contributed by atoms with van der Waals surface area (Å²) in [5, 5.41) is 2.91. The van der Waals surface area contributed by atoms with Gasteiger partial charge in [-0.05, 0) is 13.3 Å². The van der Waals surface area contributed by atoms with Crippen molar-refractivity contribution in [3.05, 3.63) is 0 Å². The first-order valence-electron chi connectivity index (χ1n) is 7.07. The van der Waals surface area contributed by atoms with Crippen LogP contribution in [0.25, 0.3) is 0 Å². The molecule has 6 heteroatoms. The van der Waals surface area contributed by atoms with Crippen LogP contribution in [0, 0.1) is 0 Å². The van der Waals surface area contributed by atoms with Crippen LogP contribution in [0.4, 0.5) is 0 Å². The molecule has 0 aromatic rings. The first-order valence-corrected chi connectivity index (χ1v) is 7.07. The Morgan fingerprint density at radius 2 is 1.89 bits per heavy atom. The molecule has 1 aliphatic heterocycles. The average Bonchev–Trinajstić information content (AvgIpc) is 2.39. The fraction of sp³-hybridized carbons (Fsp3) is 0.846. The second-order valence-electron chi connectivity index (χ2n) is 5.09. The minimum atomic E-state index is -0.286. The number of nitrogens with two attached hydrogens (primary N) is 1. The van der Waals surface area contributed by atoms with Crippen LogP contribution < -0.4 is 11.1 Å². The Hall–Kier alpha value is -1.14. The van der Waals surface area contributed by atoms with E-state index in [4.69, 9.17) is 5.73 Å². The van der Waals surface area contributed by atoms with Gasteiger partial charge >= 0.3 is 0 Å². The summed E-state index contributed by atoms with van der Waals surface area (Å²) in [6.07, 6.45) is 2.11. The molecule has 2 amide bonds. The van der Waals surface area contributed by atoms with Crippen LogP contribution in [0.2, 0.25) is 0 Å². The summed E-state index contributed by atoms with van der Waals surface area (Å²) in [6.45, 7) is 8.31. The minimum absolute atomic E-state index is 0.0878. The van der Waals surface area contributed by atoms with Crippen molar-refractivity contribution in [3.8, 4) is 0 Å². The van der Waals surface area contributed by atoms with Gasteiger partial charge in [-0.3, -0.25) is 19.4 Å². The van der Waals surface area contributed by atoms with Crippen molar-refractivity contribution in [1.82, 2.24) is 15.1 Å². The molecule has 1 aliphatic rings. The molecule has 1 atom stereocenters. The average molecular weight is 270 g/mol. The van der Waals surface area contributed by atoms with Gasteiger partial charge < -0.3 is 11.1 Å². The van der Waals surface area contributed by atoms with Crippen molar-refractivity contribution >= 4 is 11.8 Å². The minimum Gasteiger partial charge on any atom is -0.368 e. The predicted octanol–water partition coefficient (Wildman–Crippen LogP) is -0.606. The Labute approximate surface area is 115 Å². The number of primary amides is 1. The smallest absolute Gasteiger partial charge is 0.234 e. The molecule has 0 bridgehead atoms. The molecule has 0 spiro atoms. The molecule has 1 fully saturated rings. The molecule has 0 aromatic heterocycles. The van der Waals surface area contributed by atoms with E-state index in [-0.39, 0.29) is 17.9 Å². The summed E-state index contributed by atoms with van der Waals surface area (Å²) >= 11 is 0. The zero-order valence-corrected chi connectivity index (χ0v) is 12.0. The monoisotopic (exact) mass is 270 g/mol. The van der Waals surface area contributed by atoms with Crippen molar-refractivity contribution < 1.29 is 9.59 Å². The molecule has 1 rings (SSSR count). The number of unbranched alkanes of at least 4 members (excludes halogenated alkanes) is 1.